The molecule has 7 aromatic rings. The van der Waals surface area contributed by atoms with Crippen LogP contribution in [0.4, 0.5) is 0 Å². The standard InChI is InChI=1S/C53H38O8/c54-49(55)41-9-1-33(2-10-41)37-17-25-45(26-18-37)53(46-27-19-38(20-28-46)34-3-11-42(12-4-34)50(56)57,47-29-21-39(22-30-47)35-5-13-43(14-6-35)51(58)59)48-31-23-40(24-32-48)36-7-15-44(16-8-36)52(60)61/h1-23,25-31H,24,32H2,(H,54,55)(H,56,57)(H,58,59)(H,60,61). The van der Waals surface area contributed by atoms with Crippen molar-refractivity contribution in [3.8, 4) is 33.4 Å². The minimum Gasteiger partial charge on any atom is -0.478 e. The second-order valence-electron chi connectivity index (χ2n) is 14.9. The second kappa shape index (κ2) is 16.6. The van der Waals surface area contributed by atoms with Gasteiger partial charge in [-0.15, -0.1) is 0 Å². The molecule has 1 aliphatic rings. The molecule has 7 aromatic carbocycles. The molecule has 4 N–H and O–H groups in total. The Balaban J connectivity index is 1.30. The summed E-state index contributed by atoms with van der Waals surface area (Å²) in [5.74, 6) is -3.96. The fourth-order valence-electron chi connectivity index (χ4n) is 8.23. The van der Waals surface area contributed by atoms with Crippen molar-refractivity contribution < 1.29 is 39.6 Å². The molecule has 0 amide bonds. The minimum atomic E-state index is -0.992. The van der Waals surface area contributed by atoms with Crippen molar-refractivity contribution >= 4 is 29.5 Å². The van der Waals surface area contributed by atoms with E-state index in [0.717, 1.165) is 66.8 Å². The molecule has 8 rings (SSSR count). The van der Waals surface area contributed by atoms with Crippen molar-refractivity contribution in [1.29, 1.82) is 0 Å². The summed E-state index contributed by atoms with van der Waals surface area (Å²) in [4.78, 5) is 46.3. The summed E-state index contributed by atoms with van der Waals surface area (Å²) in [5.41, 5.74) is 11.5. The zero-order valence-electron chi connectivity index (χ0n) is 32.7. The predicted octanol–water partition coefficient (Wildman–Crippen LogP) is 11.6. The fraction of sp³-hybridized carbons (Fsp3) is 0.0566. The Hall–Kier alpha value is -8.10. The first-order valence-corrected chi connectivity index (χ1v) is 19.6. The van der Waals surface area contributed by atoms with E-state index in [-0.39, 0.29) is 22.3 Å². The maximum Gasteiger partial charge on any atom is 0.335 e. The first-order chi connectivity index (χ1) is 29.5. The van der Waals surface area contributed by atoms with E-state index >= 15 is 0 Å². The number of hydrogen-bond acceptors (Lipinski definition) is 4. The molecule has 0 radical (unpaired) electrons. The summed E-state index contributed by atoms with van der Waals surface area (Å²) in [7, 11) is 0. The molecular weight excluding hydrogens is 765 g/mol. The van der Waals surface area contributed by atoms with E-state index in [1.807, 2.05) is 48.5 Å². The molecule has 0 saturated heterocycles. The number of allylic oxidation sites excluding steroid dienone is 4. The maximum atomic E-state index is 11.6. The average molecular weight is 803 g/mol. The minimum absolute atomic E-state index is 0.205. The molecule has 0 aromatic heterocycles. The summed E-state index contributed by atoms with van der Waals surface area (Å²) in [6, 6.07) is 52.2. The highest BCUT2D eigenvalue weighted by molar-refractivity contribution is 5.90. The highest BCUT2D eigenvalue weighted by Gasteiger charge is 2.40. The maximum absolute atomic E-state index is 11.6. The third-order valence-electron chi connectivity index (χ3n) is 11.5. The molecule has 0 bridgehead atoms. The predicted molar refractivity (Wildman–Crippen MR) is 235 cm³/mol. The Morgan fingerprint density at radius 2 is 0.557 bits per heavy atom. The third kappa shape index (κ3) is 7.90. The summed E-state index contributed by atoms with van der Waals surface area (Å²) in [5, 5.41) is 37.9. The number of hydrogen-bond donors (Lipinski definition) is 4. The molecule has 0 saturated carbocycles. The smallest absolute Gasteiger partial charge is 0.335 e. The number of benzene rings is 7. The van der Waals surface area contributed by atoms with Crippen molar-refractivity contribution in [3.05, 3.63) is 232 Å². The van der Waals surface area contributed by atoms with Crippen molar-refractivity contribution in [3.63, 3.8) is 0 Å². The van der Waals surface area contributed by atoms with Gasteiger partial charge in [0.2, 0.25) is 0 Å². The van der Waals surface area contributed by atoms with Crippen LogP contribution in [0, 0.1) is 0 Å². The van der Waals surface area contributed by atoms with Gasteiger partial charge in [-0.05, 0) is 123 Å². The lowest BCUT2D eigenvalue weighted by molar-refractivity contribution is 0.0686. The van der Waals surface area contributed by atoms with E-state index < -0.39 is 29.3 Å². The van der Waals surface area contributed by atoms with Gasteiger partial charge in [0.05, 0.1) is 27.7 Å². The van der Waals surface area contributed by atoms with Gasteiger partial charge in [0.25, 0.3) is 0 Å². The summed E-state index contributed by atoms with van der Waals surface area (Å²) < 4.78 is 0. The van der Waals surface area contributed by atoms with Crippen LogP contribution >= 0.6 is 0 Å². The zero-order valence-corrected chi connectivity index (χ0v) is 32.7. The normalized spacial score (nSPS) is 12.5. The van der Waals surface area contributed by atoms with Crippen LogP contribution in [-0.4, -0.2) is 44.3 Å². The monoisotopic (exact) mass is 802 g/mol. The lowest BCUT2D eigenvalue weighted by Crippen LogP contribution is -2.32. The van der Waals surface area contributed by atoms with Gasteiger partial charge in [-0.25, -0.2) is 19.2 Å². The van der Waals surface area contributed by atoms with Gasteiger partial charge in [0.15, 0.2) is 0 Å². The first kappa shape index (κ1) is 39.7. The zero-order chi connectivity index (χ0) is 42.7. The number of carboxylic acid groups (broad SMARTS) is 4. The number of aromatic carboxylic acids is 4. The van der Waals surface area contributed by atoms with Crippen LogP contribution in [0.25, 0.3) is 39.0 Å². The average Bonchev–Trinajstić information content (AvgIpc) is 3.30. The van der Waals surface area contributed by atoms with Gasteiger partial charge in [0, 0.05) is 0 Å². The number of carbonyl (C=O) groups is 4. The van der Waals surface area contributed by atoms with Crippen LogP contribution < -0.4 is 0 Å². The molecule has 8 nitrogen and oxygen atoms in total. The Morgan fingerprint density at radius 3 is 0.787 bits per heavy atom. The molecule has 298 valence electrons. The van der Waals surface area contributed by atoms with Crippen LogP contribution in [0.5, 0.6) is 0 Å². The summed E-state index contributed by atoms with van der Waals surface area (Å²) in [6.07, 6.45) is 5.63. The molecule has 8 heteroatoms. The molecule has 0 unspecified atom stereocenters. The molecule has 0 atom stereocenters. The van der Waals surface area contributed by atoms with Crippen LogP contribution in [-0.2, 0) is 5.41 Å². The van der Waals surface area contributed by atoms with Crippen LogP contribution in [0.3, 0.4) is 0 Å². The van der Waals surface area contributed by atoms with Gasteiger partial charge in [-0.3, -0.25) is 0 Å². The Labute approximate surface area is 351 Å². The van der Waals surface area contributed by atoms with Gasteiger partial charge in [-0.1, -0.05) is 139 Å². The van der Waals surface area contributed by atoms with E-state index in [0.29, 0.717) is 12.8 Å². The van der Waals surface area contributed by atoms with Crippen LogP contribution in [0.2, 0.25) is 0 Å². The molecule has 0 heterocycles. The summed E-state index contributed by atoms with van der Waals surface area (Å²) in [6.45, 7) is 0. The van der Waals surface area contributed by atoms with Crippen molar-refractivity contribution in [2.75, 3.05) is 0 Å². The van der Waals surface area contributed by atoms with Crippen LogP contribution in [0.1, 0.15) is 76.5 Å². The summed E-state index contributed by atoms with van der Waals surface area (Å²) >= 11 is 0. The largest absolute Gasteiger partial charge is 0.478 e. The van der Waals surface area contributed by atoms with Crippen molar-refractivity contribution in [1.82, 2.24) is 0 Å². The molecule has 0 spiro atoms. The lowest BCUT2D eigenvalue weighted by atomic mass is 9.62. The fourth-order valence-corrected chi connectivity index (χ4v) is 8.23. The Kier molecular flexibility index (Phi) is 10.8. The van der Waals surface area contributed by atoms with E-state index in [1.165, 1.54) is 0 Å². The molecule has 1 aliphatic carbocycles. The Morgan fingerprint density at radius 1 is 0.311 bits per heavy atom. The highest BCUT2D eigenvalue weighted by atomic mass is 16.4. The van der Waals surface area contributed by atoms with E-state index in [2.05, 4.69) is 48.6 Å². The molecular formula is C53H38O8. The highest BCUT2D eigenvalue weighted by Crippen LogP contribution is 2.50. The van der Waals surface area contributed by atoms with Crippen LogP contribution in [0.15, 0.2) is 188 Å². The van der Waals surface area contributed by atoms with Gasteiger partial charge >= 0.3 is 23.9 Å². The first-order valence-electron chi connectivity index (χ1n) is 19.6. The van der Waals surface area contributed by atoms with E-state index in [4.69, 9.17) is 0 Å². The van der Waals surface area contributed by atoms with Gasteiger partial charge < -0.3 is 20.4 Å². The van der Waals surface area contributed by atoms with E-state index in [1.54, 1.807) is 84.9 Å². The van der Waals surface area contributed by atoms with Crippen molar-refractivity contribution in [2.45, 2.75) is 18.3 Å². The molecule has 0 fully saturated rings. The number of carboxylic acids is 4. The Bertz CT molecular complexity index is 2590. The SMILES string of the molecule is O=C(O)c1ccc(C2=CC=C(C(c3ccc(-c4ccc(C(=O)O)cc4)cc3)(c3ccc(-c4ccc(C(=O)O)cc4)cc3)c3ccc(-c4ccc(C(=O)O)cc4)cc3)CC2)cc1. The van der Waals surface area contributed by atoms with Crippen molar-refractivity contribution in [2.24, 2.45) is 0 Å². The molecule has 0 aliphatic heterocycles. The van der Waals surface area contributed by atoms with Gasteiger partial charge in [-0.2, -0.15) is 0 Å². The quantitative estimate of drug-likeness (QED) is 0.0892. The lowest BCUT2D eigenvalue weighted by Gasteiger charge is -2.40. The number of rotatable bonds is 12. The second-order valence-corrected chi connectivity index (χ2v) is 14.9. The topological polar surface area (TPSA) is 149 Å². The van der Waals surface area contributed by atoms with E-state index in [9.17, 15) is 39.6 Å². The van der Waals surface area contributed by atoms with Gasteiger partial charge in [0.1, 0.15) is 0 Å². The molecule has 61 heavy (non-hydrogen) atoms. The third-order valence-corrected chi connectivity index (χ3v) is 11.5.